The van der Waals surface area contributed by atoms with Crippen molar-refractivity contribution in [2.45, 2.75) is 30.7 Å². The van der Waals surface area contributed by atoms with Crippen LogP contribution in [-0.2, 0) is 14.3 Å². The third-order valence-corrected chi connectivity index (χ3v) is 7.37. The SMILES string of the molecule is Cc1cc(C)nc(SC2CC(=O)N(c3ccc(C(=O)OCC(=O)c4ccc(-c5ccccc5)cc4)cc3)C2=O)n1. The second kappa shape index (κ2) is 11.6. The van der Waals surface area contributed by atoms with Crippen LogP contribution in [0.15, 0.2) is 90.1 Å². The van der Waals surface area contributed by atoms with Crippen molar-refractivity contribution in [3.8, 4) is 11.1 Å². The molecule has 9 heteroatoms. The van der Waals surface area contributed by atoms with Crippen LogP contribution >= 0.6 is 11.8 Å². The van der Waals surface area contributed by atoms with E-state index in [1.54, 1.807) is 12.1 Å². The van der Waals surface area contributed by atoms with Crippen molar-refractivity contribution in [1.82, 2.24) is 9.97 Å². The first-order chi connectivity index (χ1) is 19.3. The van der Waals surface area contributed by atoms with Crippen molar-refractivity contribution in [3.63, 3.8) is 0 Å². The predicted octanol–water partition coefficient (Wildman–Crippen LogP) is 5.22. The molecule has 1 aliphatic rings. The van der Waals surface area contributed by atoms with E-state index in [1.807, 2.05) is 62.4 Å². The maximum Gasteiger partial charge on any atom is 0.338 e. The molecular weight excluding hydrogens is 526 g/mol. The molecule has 0 bridgehead atoms. The zero-order valence-electron chi connectivity index (χ0n) is 21.9. The van der Waals surface area contributed by atoms with Gasteiger partial charge in [0.15, 0.2) is 17.5 Å². The first-order valence-electron chi connectivity index (χ1n) is 12.6. The number of aryl methyl sites for hydroxylation is 2. The fourth-order valence-corrected chi connectivity index (χ4v) is 5.44. The van der Waals surface area contributed by atoms with Gasteiger partial charge in [0.1, 0.15) is 5.25 Å². The summed E-state index contributed by atoms with van der Waals surface area (Å²) in [6.45, 7) is 3.28. The number of nitrogens with zero attached hydrogens (tertiary/aromatic N) is 3. The van der Waals surface area contributed by atoms with Crippen LogP contribution in [0.3, 0.4) is 0 Å². The lowest BCUT2D eigenvalue weighted by Crippen LogP contribution is -2.31. The van der Waals surface area contributed by atoms with E-state index in [-0.39, 0.29) is 29.6 Å². The molecule has 2 heterocycles. The summed E-state index contributed by atoms with van der Waals surface area (Å²) >= 11 is 1.16. The Bertz CT molecular complexity index is 1570. The molecule has 1 unspecified atom stereocenters. The van der Waals surface area contributed by atoms with E-state index < -0.39 is 17.8 Å². The average Bonchev–Trinajstić information content (AvgIpc) is 3.23. The van der Waals surface area contributed by atoms with E-state index in [2.05, 4.69) is 9.97 Å². The monoisotopic (exact) mass is 551 g/mol. The number of ketones is 1. The summed E-state index contributed by atoms with van der Waals surface area (Å²) < 4.78 is 5.22. The average molecular weight is 552 g/mol. The van der Waals surface area contributed by atoms with Crippen molar-refractivity contribution in [2.75, 3.05) is 11.5 Å². The van der Waals surface area contributed by atoms with E-state index in [4.69, 9.17) is 4.74 Å². The van der Waals surface area contributed by atoms with Crippen LogP contribution in [0.4, 0.5) is 5.69 Å². The lowest BCUT2D eigenvalue weighted by Gasteiger charge is -2.15. The minimum absolute atomic E-state index is 0.0259. The summed E-state index contributed by atoms with van der Waals surface area (Å²) in [5.41, 5.74) is 4.58. The Morgan fingerprint density at radius 2 is 1.45 bits per heavy atom. The zero-order valence-corrected chi connectivity index (χ0v) is 22.7. The van der Waals surface area contributed by atoms with Gasteiger partial charge in [-0.2, -0.15) is 0 Å². The second-order valence-electron chi connectivity index (χ2n) is 9.30. The van der Waals surface area contributed by atoms with Gasteiger partial charge in [0.05, 0.1) is 11.3 Å². The van der Waals surface area contributed by atoms with Gasteiger partial charge in [0, 0.05) is 23.4 Å². The third kappa shape index (κ3) is 6.00. The Morgan fingerprint density at radius 1 is 0.850 bits per heavy atom. The van der Waals surface area contributed by atoms with Gasteiger partial charge in [0.2, 0.25) is 11.8 Å². The van der Waals surface area contributed by atoms with Crippen molar-refractivity contribution in [1.29, 1.82) is 0 Å². The third-order valence-electron chi connectivity index (χ3n) is 6.32. The molecule has 1 aromatic heterocycles. The second-order valence-corrected chi connectivity index (χ2v) is 10.5. The highest BCUT2D eigenvalue weighted by atomic mass is 32.2. The Hall–Kier alpha value is -4.63. The van der Waals surface area contributed by atoms with Gasteiger partial charge >= 0.3 is 5.97 Å². The summed E-state index contributed by atoms with van der Waals surface area (Å²) in [6.07, 6.45) is 0.0259. The number of carbonyl (C=O) groups is 4. The highest BCUT2D eigenvalue weighted by Gasteiger charge is 2.40. The molecule has 4 aromatic rings. The number of ether oxygens (including phenoxy) is 1. The summed E-state index contributed by atoms with van der Waals surface area (Å²) in [6, 6.07) is 24.7. The molecule has 0 aliphatic carbocycles. The number of rotatable bonds is 8. The van der Waals surface area contributed by atoms with Crippen LogP contribution in [0.5, 0.6) is 0 Å². The number of hydrogen-bond donors (Lipinski definition) is 0. The highest BCUT2D eigenvalue weighted by Crippen LogP contribution is 2.33. The minimum atomic E-state index is -0.680. The lowest BCUT2D eigenvalue weighted by atomic mass is 10.0. The lowest BCUT2D eigenvalue weighted by molar-refractivity contribution is -0.121. The van der Waals surface area contributed by atoms with Crippen LogP contribution in [0, 0.1) is 13.8 Å². The van der Waals surface area contributed by atoms with Gasteiger partial charge in [-0.25, -0.2) is 19.7 Å². The number of amides is 2. The minimum Gasteiger partial charge on any atom is -0.454 e. The number of hydrogen-bond acceptors (Lipinski definition) is 8. The van der Waals surface area contributed by atoms with Crippen molar-refractivity contribution < 1.29 is 23.9 Å². The first kappa shape index (κ1) is 27.0. The maximum atomic E-state index is 13.0. The Labute approximate surface area is 235 Å². The molecular formula is C31H25N3O5S. The summed E-state index contributed by atoms with van der Waals surface area (Å²) in [4.78, 5) is 60.6. The number of imide groups is 1. The van der Waals surface area contributed by atoms with Crippen molar-refractivity contribution in [2.24, 2.45) is 0 Å². The number of thioether (sulfide) groups is 1. The van der Waals surface area contributed by atoms with Gasteiger partial charge in [-0.05, 0) is 55.3 Å². The number of aromatic nitrogens is 2. The fourth-order valence-electron chi connectivity index (χ4n) is 4.36. The van der Waals surface area contributed by atoms with Crippen LogP contribution in [0.25, 0.3) is 11.1 Å². The quantitative estimate of drug-likeness (QED) is 0.127. The molecule has 3 aromatic carbocycles. The smallest absolute Gasteiger partial charge is 0.338 e. The van der Waals surface area contributed by atoms with Gasteiger partial charge in [-0.1, -0.05) is 66.4 Å². The van der Waals surface area contributed by atoms with Crippen LogP contribution in [-0.4, -0.2) is 45.4 Å². The molecule has 0 N–H and O–H groups in total. The molecule has 1 atom stereocenters. The molecule has 0 radical (unpaired) electrons. The molecule has 5 rings (SSSR count). The molecule has 0 saturated carbocycles. The van der Waals surface area contributed by atoms with E-state index in [0.717, 1.165) is 39.2 Å². The van der Waals surface area contributed by atoms with E-state index in [0.29, 0.717) is 16.4 Å². The van der Waals surface area contributed by atoms with Crippen LogP contribution < -0.4 is 4.90 Å². The number of Topliss-reactive ketones (excluding diaryl/α,β-unsaturated/α-hetero) is 1. The van der Waals surface area contributed by atoms with Gasteiger partial charge in [-0.3, -0.25) is 14.4 Å². The van der Waals surface area contributed by atoms with Crippen molar-refractivity contribution in [3.05, 3.63) is 107 Å². The van der Waals surface area contributed by atoms with Crippen LogP contribution in [0.2, 0.25) is 0 Å². The number of anilines is 1. The predicted molar refractivity (Wildman–Crippen MR) is 151 cm³/mol. The van der Waals surface area contributed by atoms with Gasteiger partial charge < -0.3 is 4.74 Å². The molecule has 40 heavy (non-hydrogen) atoms. The molecule has 1 fully saturated rings. The summed E-state index contributed by atoms with van der Waals surface area (Å²) in [5, 5.41) is -0.184. The molecule has 200 valence electrons. The molecule has 1 saturated heterocycles. The van der Waals surface area contributed by atoms with E-state index >= 15 is 0 Å². The molecule has 0 spiro atoms. The van der Waals surface area contributed by atoms with E-state index in [9.17, 15) is 19.2 Å². The Kier molecular flexibility index (Phi) is 7.84. The fraction of sp³-hybridized carbons (Fsp3) is 0.161. The Morgan fingerprint density at radius 3 is 2.10 bits per heavy atom. The highest BCUT2D eigenvalue weighted by molar-refractivity contribution is 8.00. The topological polar surface area (TPSA) is 107 Å². The van der Waals surface area contributed by atoms with E-state index in [1.165, 1.54) is 24.3 Å². The zero-order chi connectivity index (χ0) is 28.2. The molecule has 2 amide bonds. The number of esters is 1. The van der Waals surface area contributed by atoms with Crippen LogP contribution in [0.1, 0.15) is 38.5 Å². The van der Waals surface area contributed by atoms with Gasteiger partial charge in [-0.15, -0.1) is 0 Å². The Balaban J connectivity index is 1.18. The normalized spacial score (nSPS) is 14.8. The molecule has 8 nitrogen and oxygen atoms in total. The van der Waals surface area contributed by atoms with Crippen molar-refractivity contribution >= 4 is 41.0 Å². The molecule has 1 aliphatic heterocycles. The maximum absolute atomic E-state index is 13.0. The number of carbonyl (C=O) groups excluding carboxylic acids is 4. The van der Waals surface area contributed by atoms with Gasteiger partial charge in [0.25, 0.3) is 0 Å². The number of benzene rings is 3. The summed E-state index contributed by atoms with van der Waals surface area (Å²) in [5.74, 6) is -1.71. The standard InChI is InChI=1S/C31H25N3O5S/c1-19-16-20(2)33-31(32-19)40-27-17-28(36)34(29(27)37)25-14-12-24(13-15-25)30(38)39-18-26(35)23-10-8-22(9-11-23)21-6-4-3-5-7-21/h3-16,27H,17-18H2,1-2H3. The largest absolute Gasteiger partial charge is 0.454 e. The first-order valence-corrected chi connectivity index (χ1v) is 13.5. The summed E-state index contributed by atoms with van der Waals surface area (Å²) in [7, 11) is 0.